The predicted octanol–water partition coefficient (Wildman–Crippen LogP) is 5.26. The molecule has 1 amide bonds. The van der Waals surface area contributed by atoms with Gasteiger partial charge >= 0.3 is 0 Å². The molecular weight excluding hydrogens is 372 g/mol. The quantitative estimate of drug-likeness (QED) is 0.530. The summed E-state index contributed by atoms with van der Waals surface area (Å²) in [6.07, 6.45) is 4.17. The lowest BCUT2D eigenvalue weighted by molar-refractivity contribution is -0.111. The van der Waals surface area contributed by atoms with Gasteiger partial charge in [0.15, 0.2) is 5.13 Å². The number of ether oxygens (including phenoxy) is 2. The average molecular weight is 394 g/mol. The van der Waals surface area contributed by atoms with E-state index in [1.54, 1.807) is 13.2 Å². The minimum atomic E-state index is -0.241. The molecule has 0 atom stereocenters. The number of anilines is 1. The lowest BCUT2D eigenvalue weighted by Crippen LogP contribution is -2.07. The highest BCUT2D eigenvalue weighted by Crippen LogP contribution is 2.26. The third-order valence-corrected chi connectivity index (χ3v) is 4.67. The third-order valence-electron chi connectivity index (χ3n) is 3.91. The van der Waals surface area contributed by atoms with Gasteiger partial charge in [-0.05, 0) is 42.8 Å². The van der Waals surface area contributed by atoms with E-state index in [0.29, 0.717) is 11.7 Å². The summed E-state index contributed by atoms with van der Waals surface area (Å²) in [4.78, 5) is 16.7. The molecule has 3 aromatic rings. The van der Waals surface area contributed by atoms with Crippen LogP contribution in [-0.2, 0) is 4.79 Å². The lowest BCUT2D eigenvalue weighted by Gasteiger charge is -2.04. The number of aromatic nitrogens is 1. The van der Waals surface area contributed by atoms with Crippen LogP contribution in [0.15, 0.2) is 60.0 Å². The number of carbonyl (C=O) groups is 1. The first kappa shape index (κ1) is 19.6. The van der Waals surface area contributed by atoms with E-state index in [-0.39, 0.29) is 5.91 Å². The molecule has 5 nitrogen and oxygen atoms in total. The molecule has 2 aromatic carbocycles. The lowest BCUT2D eigenvalue weighted by atomic mass is 10.2. The minimum Gasteiger partial charge on any atom is -0.496 e. The van der Waals surface area contributed by atoms with Gasteiger partial charge in [-0.1, -0.05) is 25.1 Å². The Hall–Kier alpha value is -3.12. The Kier molecular flexibility index (Phi) is 6.81. The minimum absolute atomic E-state index is 0.241. The molecule has 6 heteroatoms. The molecule has 0 aliphatic heterocycles. The topological polar surface area (TPSA) is 60.5 Å². The molecule has 0 saturated carbocycles. The molecule has 0 aliphatic rings. The van der Waals surface area contributed by atoms with Crippen LogP contribution in [0.1, 0.15) is 18.9 Å². The number of para-hydroxylation sites is 1. The van der Waals surface area contributed by atoms with Crippen molar-refractivity contribution >= 4 is 28.5 Å². The fraction of sp³-hybridized carbons (Fsp3) is 0.182. The zero-order chi connectivity index (χ0) is 19.8. The molecule has 0 fully saturated rings. The number of thiazole rings is 1. The molecule has 0 radical (unpaired) electrons. The second-order valence-corrected chi connectivity index (χ2v) is 6.83. The summed E-state index contributed by atoms with van der Waals surface area (Å²) in [5.74, 6) is 1.32. The van der Waals surface area contributed by atoms with Crippen molar-refractivity contribution in [2.24, 2.45) is 0 Å². The zero-order valence-electron chi connectivity index (χ0n) is 15.8. The normalized spacial score (nSPS) is 10.8. The van der Waals surface area contributed by atoms with E-state index in [9.17, 15) is 4.79 Å². The zero-order valence-corrected chi connectivity index (χ0v) is 16.7. The number of hydrogen-bond acceptors (Lipinski definition) is 5. The maximum Gasteiger partial charge on any atom is 0.250 e. The van der Waals surface area contributed by atoms with Gasteiger partial charge in [-0.2, -0.15) is 0 Å². The Morgan fingerprint density at radius 1 is 1.18 bits per heavy atom. The Labute approximate surface area is 168 Å². The smallest absolute Gasteiger partial charge is 0.250 e. The van der Waals surface area contributed by atoms with Gasteiger partial charge < -0.3 is 9.47 Å². The summed E-state index contributed by atoms with van der Waals surface area (Å²) in [6.45, 7) is 2.78. The standard InChI is InChI=1S/C22H22N2O3S/c1-3-14-27-18-11-8-16(9-12-18)19-15-28-22(23-19)24-21(25)13-10-17-6-4-5-7-20(17)26-2/h4-13,15H,3,14H2,1-2H3,(H,23,24,25)/b13-10+. The summed E-state index contributed by atoms with van der Waals surface area (Å²) >= 11 is 1.39. The molecule has 1 N–H and O–H groups in total. The molecule has 1 heterocycles. The van der Waals surface area contributed by atoms with Crippen LogP contribution in [0, 0.1) is 0 Å². The van der Waals surface area contributed by atoms with Crippen molar-refractivity contribution in [3.8, 4) is 22.8 Å². The van der Waals surface area contributed by atoms with Crippen molar-refractivity contribution in [3.63, 3.8) is 0 Å². The second kappa shape index (κ2) is 9.71. The number of amides is 1. The summed E-state index contributed by atoms with van der Waals surface area (Å²) in [7, 11) is 1.60. The molecule has 0 saturated heterocycles. The second-order valence-electron chi connectivity index (χ2n) is 5.98. The summed E-state index contributed by atoms with van der Waals surface area (Å²) in [6, 6.07) is 15.3. The van der Waals surface area contributed by atoms with Gasteiger partial charge in [-0.3, -0.25) is 10.1 Å². The van der Waals surface area contributed by atoms with Gasteiger partial charge in [0.05, 0.1) is 19.4 Å². The van der Waals surface area contributed by atoms with Crippen molar-refractivity contribution in [3.05, 3.63) is 65.6 Å². The van der Waals surface area contributed by atoms with Gasteiger partial charge in [0.2, 0.25) is 5.91 Å². The summed E-state index contributed by atoms with van der Waals surface area (Å²) in [5, 5.41) is 5.27. The molecule has 0 aliphatic carbocycles. The van der Waals surface area contributed by atoms with Crippen molar-refractivity contribution in [2.75, 3.05) is 19.0 Å². The van der Waals surface area contributed by atoms with Gasteiger partial charge in [0.1, 0.15) is 11.5 Å². The Bertz CT molecular complexity index is 948. The predicted molar refractivity (Wildman–Crippen MR) is 114 cm³/mol. The molecule has 0 unspecified atom stereocenters. The van der Waals surface area contributed by atoms with E-state index in [4.69, 9.17) is 9.47 Å². The first-order valence-electron chi connectivity index (χ1n) is 9.00. The van der Waals surface area contributed by atoms with Gasteiger partial charge in [-0.15, -0.1) is 11.3 Å². The van der Waals surface area contributed by atoms with E-state index in [0.717, 1.165) is 34.7 Å². The monoisotopic (exact) mass is 394 g/mol. The van der Waals surface area contributed by atoms with Gasteiger partial charge in [-0.25, -0.2) is 4.98 Å². The maximum absolute atomic E-state index is 12.2. The van der Waals surface area contributed by atoms with Crippen molar-refractivity contribution in [2.45, 2.75) is 13.3 Å². The molecule has 28 heavy (non-hydrogen) atoms. The van der Waals surface area contributed by atoms with Crippen LogP contribution in [-0.4, -0.2) is 24.6 Å². The number of hydrogen-bond donors (Lipinski definition) is 1. The molecular formula is C22H22N2O3S. The van der Waals surface area contributed by atoms with Crippen LogP contribution in [0.2, 0.25) is 0 Å². The first-order valence-corrected chi connectivity index (χ1v) is 9.88. The van der Waals surface area contributed by atoms with Crippen molar-refractivity contribution in [1.29, 1.82) is 0 Å². The molecule has 144 valence electrons. The van der Waals surface area contributed by atoms with Crippen LogP contribution in [0.4, 0.5) is 5.13 Å². The van der Waals surface area contributed by atoms with Crippen molar-refractivity contribution in [1.82, 2.24) is 4.98 Å². The number of rotatable bonds is 8. The highest BCUT2D eigenvalue weighted by molar-refractivity contribution is 7.14. The Morgan fingerprint density at radius 3 is 2.71 bits per heavy atom. The SMILES string of the molecule is CCCOc1ccc(-c2csc(NC(=O)/C=C/c3ccccc3OC)n2)cc1. The Morgan fingerprint density at radius 2 is 1.96 bits per heavy atom. The van der Waals surface area contributed by atoms with E-state index >= 15 is 0 Å². The van der Waals surface area contributed by atoms with Crippen LogP contribution >= 0.6 is 11.3 Å². The average Bonchev–Trinajstić information content (AvgIpc) is 3.19. The number of carbonyl (C=O) groups excluding carboxylic acids is 1. The summed E-state index contributed by atoms with van der Waals surface area (Å²) < 4.78 is 10.9. The van der Waals surface area contributed by atoms with Gasteiger partial charge in [0, 0.05) is 22.6 Å². The third kappa shape index (κ3) is 5.20. The fourth-order valence-electron chi connectivity index (χ4n) is 2.52. The number of methoxy groups -OCH3 is 1. The van der Waals surface area contributed by atoms with Crippen LogP contribution in [0.3, 0.4) is 0 Å². The molecule has 3 rings (SSSR count). The van der Waals surface area contributed by atoms with E-state index in [1.165, 1.54) is 17.4 Å². The molecule has 0 bridgehead atoms. The molecule has 1 aromatic heterocycles. The van der Waals surface area contributed by atoms with Crippen LogP contribution < -0.4 is 14.8 Å². The fourth-order valence-corrected chi connectivity index (χ4v) is 3.24. The van der Waals surface area contributed by atoms with Gasteiger partial charge in [0.25, 0.3) is 0 Å². The van der Waals surface area contributed by atoms with Crippen molar-refractivity contribution < 1.29 is 14.3 Å². The largest absolute Gasteiger partial charge is 0.496 e. The number of nitrogens with one attached hydrogen (secondary N) is 1. The molecule has 0 spiro atoms. The van der Waals surface area contributed by atoms with E-state index in [1.807, 2.05) is 53.9 Å². The maximum atomic E-state index is 12.2. The first-order chi connectivity index (χ1) is 13.7. The van der Waals surface area contributed by atoms with E-state index in [2.05, 4.69) is 17.2 Å². The highest BCUT2D eigenvalue weighted by Gasteiger charge is 2.07. The highest BCUT2D eigenvalue weighted by atomic mass is 32.1. The van der Waals surface area contributed by atoms with Crippen LogP contribution in [0.5, 0.6) is 11.5 Å². The van der Waals surface area contributed by atoms with Crippen LogP contribution in [0.25, 0.3) is 17.3 Å². The number of nitrogens with zero attached hydrogens (tertiary/aromatic N) is 1. The Balaban J connectivity index is 1.62. The number of benzene rings is 2. The van der Waals surface area contributed by atoms with E-state index < -0.39 is 0 Å². The summed E-state index contributed by atoms with van der Waals surface area (Å²) in [5.41, 5.74) is 2.63.